The van der Waals surface area contributed by atoms with Crippen molar-refractivity contribution in [3.8, 4) is 11.3 Å². The molecular weight excluding hydrogens is 350 g/mol. The lowest BCUT2D eigenvalue weighted by atomic mass is 10.1. The Kier molecular flexibility index (Phi) is 4.85. The molecule has 0 amide bonds. The van der Waals surface area contributed by atoms with Crippen molar-refractivity contribution < 1.29 is 9.36 Å². The summed E-state index contributed by atoms with van der Waals surface area (Å²) in [5, 5.41) is 12.0. The topological polar surface area (TPSA) is 67.4 Å². The summed E-state index contributed by atoms with van der Waals surface area (Å²) in [6.07, 6.45) is 3.85. The fourth-order valence-electron chi connectivity index (χ4n) is 3.24. The van der Waals surface area contributed by atoms with Crippen LogP contribution in [0.15, 0.2) is 67.0 Å². The summed E-state index contributed by atoms with van der Waals surface area (Å²) in [5.74, 6) is 0.0787. The predicted octanol–water partition coefficient (Wildman–Crippen LogP) is 3.11. The number of ketones is 1. The largest absolute Gasteiger partial charge is 0.287 e. The van der Waals surface area contributed by atoms with E-state index in [-0.39, 0.29) is 5.78 Å². The molecule has 4 rings (SSSR count). The molecule has 0 saturated carbocycles. The van der Waals surface area contributed by atoms with Crippen LogP contribution in [0.3, 0.4) is 0 Å². The molecule has 0 unspecified atom stereocenters. The Balaban J connectivity index is 1.51. The molecule has 6 heteroatoms. The van der Waals surface area contributed by atoms with Gasteiger partial charge in [-0.3, -0.25) is 14.6 Å². The highest BCUT2D eigenvalue weighted by molar-refractivity contribution is 5.94. The maximum atomic E-state index is 12.5. The van der Waals surface area contributed by atoms with Gasteiger partial charge in [0.15, 0.2) is 12.4 Å². The molecule has 1 N–H and O–H groups in total. The quantitative estimate of drug-likeness (QED) is 0.418. The predicted molar refractivity (Wildman–Crippen MR) is 106 cm³/mol. The van der Waals surface area contributed by atoms with Crippen molar-refractivity contribution in [2.75, 3.05) is 0 Å². The Morgan fingerprint density at radius 1 is 1.11 bits per heavy atom. The third-order valence-electron chi connectivity index (χ3n) is 4.63. The zero-order valence-electron chi connectivity index (χ0n) is 16.0. The number of nitrogens with zero attached hydrogens (tertiary/aromatic N) is 4. The third kappa shape index (κ3) is 3.91. The summed E-state index contributed by atoms with van der Waals surface area (Å²) in [7, 11) is 0. The fraction of sp³-hybridized carbons (Fsp3) is 0.182. The summed E-state index contributed by atoms with van der Waals surface area (Å²) in [5.41, 5.74) is 5.62. The van der Waals surface area contributed by atoms with Gasteiger partial charge < -0.3 is 0 Å². The van der Waals surface area contributed by atoms with E-state index >= 15 is 0 Å². The molecule has 0 aliphatic heterocycles. The van der Waals surface area contributed by atoms with Gasteiger partial charge in [-0.2, -0.15) is 14.8 Å². The second kappa shape index (κ2) is 7.60. The Labute approximate surface area is 163 Å². The van der Waals surface area contributed by atoms with Gasteiger partial charge in [0.1, 0.15) is 0 Å². The van der Waals surface area contributed by atoms with Crippen molar-refractivity contribution >= 4 is 5.78 Å². The molecule has 0 bridgehead atoms. The minimum Gasteiger partial charge on any atom is -0.287 e. The molecule has 1 aromatic carbocycles. The van der Waals surface area contributed by atoms with Crippen molar-refractivity contribution in [1.82, 2.24) is 20.0 Å². The van der Waals surface area contributed by atoms with Gasteiger partial charge in [0.05, 0.1) is 29.2 Å². The van der Waals surface area contributed by atoms with Crippen LogP contribution in [0.4, 0.5) is 0 Å². The molecule has 0 aliphatic rings. The van der Waals surface area contributed by atoms with Gasteiger partial charge >= 0.3 is 0 Å². The number of nitrogens with one attached hydrogen (secondary N) is 1. The van der Waals surface area contributed by atoms with E-state index in [9.17, 15) is 4.79 Å². The Bertz CT molecular complexity index is 1110. The van der Waals surface area contributed by atoms with Crippen LogP contribution in [0.25, 0.3) is 11.3 Å². The third-order valence-corrected chi connectivity index (χ3v) is 4.63. The lowest BCUT2D eigenvalue weighted by Crippen LogP contribution is -2.37. The van der Waals surface area contributed by atoms with Crippen LogP contribution in [-0.4, -0.2) is 25.8 Å². The van der Waals surface area contributed by atoms with Crippen LogP contribution in [0.2, 0.25) is 0 Å². The van der Waals surface area contributed by atoms with Crippen LogP contribution in [0.1, 0.15) is 27.4 Å². The van der Waals surface area contributed by atoms with Crippen LogP contribution in [-0.2, 0) is 13.1 Å². The second-order valence-corrected chi connectivity index (χ2v) is 6.92. The molecule has 4 aromatic rings. The van der Waals surface area contributed by atoms with E-state index in [0.717, 1.165) is 28.3 Å². The maximum absolute atomic E-state index is 12.5. The van der Waals surface area contributed by atoms with Crippen molar-refractivity contribution in [3.05, 3.63) is 89.6 Å². The van der Waals surface area contributed by atoms with Gasteiger partial charge in [-0.05, 0) is 32.0 Å². The number of H-pyrrole nitrogens is 1. The van der Waals surface area contributed by atoms with Gasteiger partial charge in [-0.25, -0.2) is 0 Å². The number of benzene rings is 1. The number of aromatic nitrogens is 5. The smallest absolute Gasteiger partial charge is 0.227 e. The number of rotatable bonds is 6. The molecule has 0 aliphatic carbocycles. The average molecular weight is 372 g/mol. The molecule has 140 valence electrons. The molecule has 0 radical (unpaired) electrons. The number of aryl methyl sites for hydroxylation is 2. The van der Waals surface area contributed by atoms with E-state index in [1.165, 1.54) is 0 Å². The highest BCUT2D eigenvalue weighted by atomic mass is 16.1. The number of Topliss-reactive ketones (excluding diaryl/α,β-unsaturated/α-hetero) is 1. The molecule has 0 fully saturated rings. The lowest BCUT2D eigenvalue weighted by Gasteiger charge is -2.01. The van der Waals surface area contributed by atoms with Crippen molar-refractivity contribution in [2.45, 2.75) is 26.9 Å². The first-order valence-electron chi connectivity index (χ1n) is 9.21. The molecular formula is C22H22N5O+. The highest BCUT2D eigenvalue weighted by Crippen LogP contribution is 2.16. The van der Waals surface area contributed by atoms with Crippen LogP contribution in [0.5, 0.6) is 0 Å². The SMILES string of the molecule is Cc1cc(C)n(Cc2cc(-c3ccc[n+](CC(=O)c4ccccc4)c3)n[nH]2)n1. The number of hydrogen-bond donors (Lipinski definition) is 1. The van der Waals surface area contributed by atoms with Crippen molar-refractivity contribution in [3.63, 3.8) is 0 Å². The summed E-state index contributed by atoms with van der Waals surface area (Å²) in [6, 6.07) is 17.3. The number of pyridine rings is 1. The standard InChI is InChI=1S/C22H22N5O/c1-16-11-17(2)27(25-16)14-20-12-21(24-23-20)19-9-6-10-26(13-19)15-22(28)18-7-4-3-5-8-18/h3-13H,14-15H2,1-2H3,(H,23,24)/q+1. The molecule has 3 heterocycles. The lowest BCUT2D eigenvalue weighted by molar-refractivity contribution is -0.682. The zero-order valence-corrected chi connectivity index (χ0v) is 16.0. The minimum absolute atomic E-state index is 0.0787. The highest BCUT2D eigenvalue weighted by Gasteiger charge is 2.14. The first-order valence-corrected chi connectivity index (χ1v) is 9.21. The molecule has 6 nitrogen and oxygen atoms in total. The van der Waals surface area contributed by atoms with Crippen LogP contribution in [0, 0.1) is 13.8 Å². The first-order chi connectivity index (χ1) is 13.6. The molecule has 0 saturated heterocycles. The van der Waals surface area contributed by atoms with E-state index in [0.29, 0.717) is 18.7 Å². The number of aromatic amines is 1. The first kappa shape index (κ1) is 17.9. The molecule has 28 heavy (non-hydrogen) atoms. The van der Waals surface area contributed by atoms with Crippen LogP contribution < -0.4 is 4.57 Å². The van der Waals surface area contributed by atoms with Gasteiger partial charge in [-0.1, -0.05) is 30.3 Å². The van der Waals surface area contributed by atoms with E-state index in [1.54, 1.807) is 0 Å². The monoisotopic (exact) mass is 372 g/mol. The number of carbonyl (C=O) groups is 1. The number of hydrogen-bond acceptors (Lipinski definition) is 3. The van der Waals surface area contributed by atoms with Gasteiger partial charge in [0.2, 0.25) is 12.3 Å². The normalized spacial score (nSPS) is 10.9. The molecule has 3 aromatic heterocycles. The summed E-state index contributed by atoms with van der Waals surface area (Å²) in [4.78, 5) is 12.5. The van der Waals surface area contributed by atoms with Gasteiger partial charge in [0, 0.05) is 17.3 Å². The average Bonchev–Trinajstić information content (AvgIpc) is 3.29. The van der Waals surface area contributed by atoms with Crippen LogP contribution >= 0.6 is 0 Å². The second-order valence-electron chi connectivity index (χ2n) is 6.92. The van der Waals surface area contributed by atoms with Gasteiger partial charge in [-0.15, -0.1) is 0 Å². The Morgan fingerprint density at radius 2 is 1.93 bits per heavy atom. The van der Waals surface area contributed by atoms with E-state index in [2.05, 4.69) is 21.4 Å². The van der Waals surface area contributed by atoms with Gasteiger partial charge in [0.25, 0.3) is 0 Å². The summed E-state index contributed by atoms with van der Waals surface area (Å²) >= 11 is 0. The van der Waals surface area contributed by atoms with Crippen molar-refractivity contribution in [2.24, 2.45) is 0 Å². The van der Waals surface area contributed by atoms with E-state index in [1.807, 2.05) is 84.0 Å². The van der Waals surface area contributed by atoms with E-state index < -0.39 is 0 Å². The van der Waals surface area contributed by atoms with Crippen molar-refractivity contribution in [1.29, 1.82) is 0 Å². The summed E-state index contributed by atoms with van der Waals surface area (Å²) < 4.78 is 3.84. The zero-order chi connectivity index (χ0) is 19.5. The maximum Gasteiger partial charge on any atom is 0.227 e. The summed E-state index contributed by atoms with van der Waals surface area (Å²) in [6.45, 7) is 4.97. The van der Waals surface area contributed by atoms with E-state index in [4.69, 9.17) is 0 Å². The number of carbonyl (C=O) groups excluding carboxylic acids is 1. The Morgan fingerprint density at radius 3 is 2.68 bits per heavy atom. The molecule has 0 spiro atoms. The molecule has 0 atom stereocenters. The fourth-order valence-corrected chi connectivity index (χ4v) is 3.24. The Hall–Kier alpha value is -3.54. The minimum atomic E-state index is 0.0787.